The summed E-state index contributed by atoms with van der Waals surface area (Å²) in [5.74, 6) is -1.46. The Kier molecular flexibility index (Phi) is 5.82. The minimum atomic E-state index is -0.670. The molecule has 1 aromatic carbocycles. The fourth-order valence-electron chi connectivity index (χ4n) is 2.40. The van der Waals surface area contributed by atoms with Crippen LogP contribution in [0.1, 0.15) is 42.1 Å². The third-order valence-corrected chi connectivity index (χ3v) is 4.60. The van der Waals surface area contributed by atoms with Crippen molar-refractivity contribution >= 4 is 17.2 Å². The van der Waals surface area contributed by atoms with Gasteiger partial charge in [-0.15, -0.1) is 11.3 Å². The fraction of sp³-hybridized carbons (Fsp3) is 0.412. The molecule has 3 nitrogen and oxygen atoms in total. The lowest BCUT2D eigenvalue weighted by Crippen LogP contribution is -2.32. The van der Waals surface area contributed by atoms with Crippen LogP contribution in [-0.4, -0.2) is 28.9 Å². The van der Waals surface area contributed by atoms with Gasteiger partial charge in [-0.2, -0.15) is 0 Å². The van der Waals surface area contributed by atoms with Gasteiger partial charge in [0, 0.05) is 13.1 Å². The Balaban J connectivity index is 2.39. The first kappa shape index (κ1) is 17.5. The summed E-state index contributed by atoms with van der Waals surface area (Å²) in [6.45, 7) is 7.04. The Morgan fingerprint density at radius 1 is 1.17 bits per heavy atom. The van der Waals surface area contributed by atoms with Gasteiger partial charge in [-0.05, 0) is 31.9 Å². The minimum absolute atomic E-state index is 0.119. The van der Waals surface area contributed by atoms with E-state index in [4.69, 9.17) is 0 Å². The largest absolute Gasteiger partial charge is 0.338 e. The number of hydrogen-bond donors (Lipinski definition) is 0. The van der Waals surface area contributed by atoms with Crippen LogP contribution >= 0.6 is 11.3 Å². The molecule has 0 aliphatic carbocycles. The Labute approximate surface area is 139 Å². The maximum absolute atomic E-state index is 13.9. The van der Waals surface area contributed by atoms with Gasteiger partial charge in [0.05, 0.1) is 11.3 Å². The molecule has 124 valence electrons. The van der Waals surface area contributed by atoms with Gasteiger partial charge in [0.1, 0.15) is 21.5 Å². The molecule has 0 bridgehead atoms. The monoisotopic (exact) mass is 338 g/mol. The van der Waals surface area contributed by atoms with E-state index in [1.54, 1.807) is 11.8 Å². The van der Waals surface area contributed by atoms with Gasteiger partial charge in [0.25, 0.3) is 5.91 Å². The molecule has 1 aromatic heterocycles. The minimum Gasteiger partial charge on any atom is -0.338 e. The Bertz CT molecular complexity index is 674. The average molecular weight is 338 g/mol. The molecule has 0 radical (unpaired) electrons. The van der Waals surface area contributed by atoms with Crippen LogP contribution in [0.25, 0.3) is 10.6 Å². The fourth-order valence-corrected chi connectivity index (χ4v) is 3.48. The van der Waals surface area contributed by atoms with Crippen molar-refractivity contribution in [1.82, 2.24) is 9.88 Å². The van der Waals surface area contributed by atoms with Crippen molar-refractivity contribution < 1.29 is 13.6 Å². The lowest BCUT2D eigenvalue weighted by molar-refractivity contribution is 0.0759. The second-order valence-electron chi connectivity index (χ2n) is 5.32. The second kappa shape index (κ2) is 7.64. The number of carbonyl (C=O) groups is 1. The molecule has 1 heterocycles. The van der Waals surface area contributed by atoms with Gasteiger partial charge in [0.15, 0.2) is 0 Å². The van der Waals surface area contributed by atoms with Gasteiger partial charge in [-0.25, -0.2) is 13.8 Å². The number of hydrogen-bond acceptors (Lipinski definition) is 3. The number of thiazole rings is 1. The van der Waals surface area contributed by atoms with Crippen LogP contribution in [0.3, 0.4) is 0 Å². The van der Waals surface area contributed by atoms with Crippen LogP contribution in [0.4, 0.5) is 8.78 Å². The van der Waals surface area contributed by atoms with Gasteiger partial charge < -0.3 is 4.90 Å². The molecule has 2 aromatic rings. The first-order valence-electron chi connectivity index (χ1n) is 7.70. The summed E-state index contributed by atoms with van der Waals surface area (Å²) in [6, 6.07) is 3.69. The zero-order valence-corrected chi connectivity index (χ0v) is 14.3. The van der Waals surface area contributed by atoms with Gasteiger partial charge in [-0.3, -0.25) is 4.79 Å². The van der Waals surface area contributed by atoms with E-state index in [9.17, 15) is 13.6 Å². The van der Waals surface area contributed by atoms with Crippen molar-refractivity contribution in [3.05, 3.63) is 40.4 Å². The van der Waals surface area contributed by atoms with Crippen molar-refractivity contribution in [2.45, 2.75) is 33.6 Å². The average Bonchev–Trinajstić information content (AvgIpc) is 2.87. The Hall–Kier alpha value is -1.82. The molecule has 0 aliphatic rings. The number of aromatic nitrogens is 1. The smallest absolute Gasteiger partial charge is 0.265 e. The molecule has 0 fully saturated rings. The van der Waals surface area contributed by atoms with E-state index in [1.807, 2.05) is 13.8 Å². The summed E-state index contributed by atoms with van der Waals surface area (Å²) < 4.78 is 27.8. The highest BCUT2D eigenvalue weighted by molar-refractivity contribution is 7.17. The molecule has 0 aliphatic heterocycles. The zero-order valence-electron chi connectivity index (χ0n) is 13.5. The highest BCUT2D eigenvalue weighted by atomic mass is 32.1. The highest BCUT2D eigenvalue weighted by Crippen LogP contribution is 2.32. The SMILES string of the molecule is CCCN(CCC)C(=O)c1sc(-c2c(F)cccc2F)nc1C. The molecular formula is C17H20F2N2OS. The quantitative estimate of drug-likeness (QED) is 0.767. The van der Waals surface area contributed by atoms with E-state index < -0.39 is 11.6 Å². The van der Waals surface area contributed by atoms with Gasteiger partial charge >= 0.3 is 0 Å². The number of benzene rings is 1. The predicted molar refractivity (Wildman–Crippen MR) is 88.7 cm³/mol. The number of nitrogens with zero attached hydrogens (tertiary/aromatic N) is 2. The molecule has 0 unspecified atom stereocenters. The van der Waals surface area contributed by atoms with Crippen LogP contribution in [0.2, 0.25) is 0 Å². The molecule has 0 spiro atoms. The molecule has 2 rings (SSSR count). The van der Waals surface area contributed by atoms with E-state index in [2.05, 4.69) is 4.98 Å². The molecule has 6 heteroatoms. The lowest BCUT2D eigenvalue weighted by Gasteiger charge is -2.20. The van der Waals surface area contributed by atoms with Gasteiger partial charge in [-0.1, -0.05) is 19.9 Å². The van der Waals surface area contributed by atoms with E-state index in [-0.39, 0.29) is 16.5 Å². The number of aryl methyl sites for hydroxylation is 1. The van der Waals surface area contributed by atoms with Crippen LogP contribution in [0.5, 0.6) is 0 Å². The standard InChI is InChI=1S/C17H20F2N2OS/c1-4-9-21(10-5-2)17(22)15-11(3)20-16(23-15)14-12(18)7-6-8-13(14)19/h6-8H,4-5,9-10H2,1-3H3. The first-order valence-corrected chi connectivity index (χ1v) is 8.52. The molecule has 23 heavy (non-hydrogen) atoms. The van der Waals surface area contributed by atoms with Crippen LogP contribution in [-0.2, 0) is 0 Å². The van der Waals surface area contributed by atoms with Crippen molar-refractivity contribution in [1.29, 1.82) is 0 Å². The lowest BCUT2D eigenvalue weighted by atomic mass is 10.2. The number of halogens is 2. The maximum atomic E-state index is 13.9. The second-order valence-corrected chi connectivity index (χ2v) is 6.32. The summed E-state index contributed by atoms with van der Waals surface area (Å²) in [7, 11) is 0. The summed E-state index contributed by atoms with van der Waals surface area (Å²) in [6.07, 6.45) is 1.72. The van der Waals surface area contributed by atoms with Crippen LogP contribution in [0.15, 0.2) is 18.2 Å². The number of rotatable bonds is 6. The van der Waals surface area contributed by atoms with Crippen LogP contribution < -0.4 is 0 Å². The number of carbonyl (C=O) groups excluding carboxylic acids is 1. The molecule has 0 atom stereocenters. The zero-order chi connectivity index (χ0) is 17.0. The molecule has 0 N–H and O–H groups in total. The molecule has 0 saturated carbocycles. The highest BCUT2D eigenvalue weighted by Gasteiger charge is 2.23. The summed E-state index contributed by atoms with van der Waals surface area (Å²) in [5.41, 5.74) is 0.340. The van der Waals surface area contributed by atoms with E-state index in [1.165, 1.54) is 18.2 Å². The Morgan fingerprint density at radius 3 is 2.26 bits per heavy atom. The summed E-state index contributed by atoms with van der Waals surface area (Å²) >= 11 is 1.05. The van der Waals surface area contributed by atoms with E-state index >= 15 is 0 Å². The van der Waals surface area contributed by atoms with Gasteiger partial charge in [0.2, 0.25) is 0 Å². The molecule has 0 saturated heterocycles. The predicted octanol–water partition coefficient (Wildman–Crippen LogP) is 4.66. The maximum Gasteiger partial charge on any atom is 0.265 e. The van der Waals surface area contributed by atoms with Crippen molar-refractivity contribution in [3.63, 3.8) is 0 Å². The van der Waals surface area contributed by atoms with Crippen molar-refractivity contribution in [2.75, 3.05) is 13.1 Å². The van der Waals surface area contributed by atoms with Crippen molar-refractivity contribution in [3.8, 4) is 10.6 Å². The number of amides is 1. The Morgan fingerprint density at radius 2 is 1.74 bits per heavy atom. The van der Waals surface area contributed by atoms with E-state index in [0.717, 1.165) is 24.2 Å². The summed E-state index contributed by atoms with van der Waals surface area (Å²) in [4.78, 5) is 19.1. The van der Waals surface area contributed by atoms with Crippen LogP contribution in [0, 0.1) is 18.6 Å². The van der Waals surface area contributed by atoms with E-state index in [0.29, 0.717) is 23.7 Å². The molecule has 1 amide bonds. The topological polar surface area (TPSA) is 33.2 Å². The third-order valence-electron chi connectivity index (χ3n) is 3.44. The molecular weight excluding hydrogens is 318 g/mol. The first-order chi connectivity index (χ1) is 11.0. The normalized spacial score (nSPS) is 10.8. The van der Waals surface area contributed by atoms with Crippen molar-refractivity contribution in [2.24, 2.45) is 0 Å². The third kappa shape index (κ3) is 3.75. The summed E-state index contributed by atoms with van der Waals surface area (Å²) in [5, 5.41) is 0.203.